The number of unbranched alkanes of at least 4 members (excludes halogenated alkanes) is 3. The van der Waals surface area contributed by atoms with Gasteiger partial charge in [-0.15, -0.1) is 0 Å². The van der Waals surface area contributed by atoms with Crippen LogP contribution in [0.3, 0.4) is 0 Å². The first kappa shape index (κ1) is 84.2. The van der Waals surface area contributed by atoms with Gasteiger partial charge in [0.15, 0.2) is 25.2 Å². The maximum Gasteiger partial charge on any atom is 0.261 e. The van der Waals surface area contributed by atoms with E-state index < -0.39 is 148 Å². The zero-order valence-corrected chi connectivity index (χ0v) is 64.8. The van der Waals surface area contributed by atoms with Gasteiger partial charge >= 0.3 is 0 Å². The van der Waals surface area contributed by atoms with Gasteiger partial charge in [-0.3, -0.25) is 9.59 Å². The summed E-state index contributed by atoms with van der Waals surface area (Å²) in [5, 5.41) is 63.2. The summed E-state index contributed by atoms with van der Waals surface area (Å²) >= 11 is 0. The van der Waals surface area contributed by atoms with Crippen LogP contribution in [0.1, 0.15) is 95.0 Å². The minimum absolute atomic E-state index is 0.0754. The number of nitrogens with zero attached hydrogens (tertiary/aromatic N) is 3. The summed E-state index contributed by atoms with van der Waals surface area (Å²) in [5.74, 6) is -1.14. The Morgan fingerprint density at radius 1 is 0.432 bits per heavy atom. The lowest BCUT2D eigenvalue weighted by molar-refractivity contribution is -0.380. The van der Waals surface area contributed by atoms with Crippen molar-refractivity contribution in [1.82, 2.24) is 10.6 Å². The topological polar surface area (TPSA) is 317 Å². The van der Waals surface area contributed by atoms with E-state index in [4.69, 9.17) is 71.5 Å². The molecule has 0 aliphatic carbocycles. The summed E-state index contributed by atoms with van der Waals surface area (Å²) < 4.78 is 96.0. The van der Waals surface area contributed by atoms with E-state index in [1.807, 2.05) is 219 Å². The summed E-state index contributed by atoms with van der Waals surface area (Å²) in [6.07, 6.45) is -22.7. The predicted molar refractivity (Wildman–Crippen MR) is 413 cm³/mol. The third kappa shape index (κ3) is 22.8. The SMILES string of the molecule is CC(=O)N[C@H]1[C@H](OCCCCCCN=[N+]=[N-])O[C@H](COCc2ccccc2)[C@@H](O[C@@H]2O[C@H](CO[Si](c3ccccc3)(c3ccccc3)C(C)(C)C)[C@H](O)[C@H](O[C@@H]3O[C@H](COCc4ccccc4)[C@@H](O[C@@H]4O[C@@H](C)[C@@H](OCc5ccccc5)[C@@H](OCc5ccccc5)[C@@H]4OCc4ccccc4)[C@H](O)[C@H]3NC(C)=O)[C@H]2O)[C@@H]1O. The fraction of sp³-hybridized carbons (Fsp3) is 0.482. The lowest BCUT2D eigenvalue weighted by Crippen LogP contribution is -2.71. The van der Waals surface area contributed by atoms with Crippen molar-refractivity contribution in [2.45, 2.75) is 228 Å². The second-order valence-corrected chi connectivity index (χ2v) is 33.9. The number of rotatable bonds is 38. The zero-order chi connectivity index (χ0) is 78.1. The first-order valence-electron chi connectivity index (χ1n) is 38.3. The minimum atomic E-state index is -3.47. The van der Waals surface area contributed by atoms with Crippen molar-refractivity contribution >= 4 is 30.5 Å². The van der Waals surface area contributed by atoms with Crippen LogP contribution in [-0.2, 0) is 109 Å². The van der Waals surface area contributed by atoms with E-state index in [1.54, 1.807) is 0 Å². The quantitative estimate of drug-likeness (QED) is 0.00690. The van der Waals surface area contributed by atoms with E-state index >= 15 is 0 Å². The Morgan fingerprint density at radius 2 is 0.829 bits per heavy atom. The smallest absolute Gasteiger partial charge is 0.261 e. The Kier molecular flexibility index (Phi) is 31.8. The summed E-state index contributed by atoms with van der Waals surface area (Å²) in [4.78, 5) is 29.9. The highest BCUT2D eigenvalue weighted by Gasteiger charge is 2.58. The van der Waals surface area contributed by atoms with Crippen molar-refractivity contribution in [1.29, 1.82) is 0 Å². The molecule has 4 aliphatic heterocycles. The first-order valence-corrected chi connectivity index (χ1v) is 40.2. The number of hydrogen-bond donors (Lipinski definition) is 6. The summed E-state index contributed by atoms with van der Waals surface area (Å²) in [6.45, 7) is 11.0. The third-order valence-electron chi connectivity index (χ3n) is 20.4. The average molecular weight is 1550 g/mol. The number of nitrogens with one attached hydrogen (secondary N) is 2. The summed E-state index contributed by atoms with van der Waals surface area (Å²) in [5.41, 5.74) is 13.1. The van der Waals surface area contributed by atoms with Gasteiger partial charge in [0, 0.05) is 31.9 Å². The number of carbonyl (C=O) groups excluding carboxylic acids is 2. The maximum atomic E-state index is 13.8. The van der Waals surface area contributed by atoms with E-state index in [2.05, 4.69) is 41.4 Å². The van der Waals surface area contributed by atoms with Crippen molar-refractivity contribution in [3.05, 3.63) is 251 Å². The van der Waals surface area contributed by atoms with Crippen molar-refractivity contribution in [3.63, 3.8) is 0 Å². The number of amides is 2. The number of aliphatic hydroxyl groups is 4. The molecule has 0 unspecified atom stereocenters. The second-order valence-electron chi connectivity index (χ2n) is 29.6. The lowest BCUT2D eigenvalue weighted by atomic mass is 9.94. The molecule has 11 rings (SSSR count). The molecule has 2 amide bonds. The molecule has 0 aromatic heterocycles. The Balaban J connectivity index is 0.954. The van der Waals surface area contributed by atoms with Gasteiger partial charge in [0.2, 0.25) is 11.8 Å². The van der Waals surface area contributed by atoms with Gasteiger partial charge in [-0.25, -0.2) is 0 Å². The van der Waals surface area contributed by atoms with Crippen molar-refractivity contribution in [3.8, 4) is 0 Å². The van der Waals surface area contributed by atoms with Crippen LogP contribution in [0.15, 0.2) is 217 Å². The summed E-state index contributed by atoms with van der Waals surface area (Å²) in [7, 11) is -3.47. The molecule has 4 saturated heterocycles. The van der Waals surface area contributed by atoms with E-state index in [0.29, 0.717) is 19.4 Å². The fourth-order valence-electron chi connectivity index (χ4n) is 14.8. The van der Waals surface area contributed by atoms with E-state index in [0.717, 1.165) is 51.0 Å². The molecule has 0 bridgehead atoms. The van der Waals surface area contributed by atoms with Crippen LogP contribution in [0.25, 0.3) is 10.4 Å². The Morgan fingerprint density at radius 3 is 1.29 bits per heavy atom. The van der Waals surface area contributed by atoms with Gasteiger partial charge in [0.1, 0.15) is 91.4 Å². The van der Waals surface area contributed by atoms with Crippen LogP contribution in [0.2, 0.25) is 5.04 Å². The molecular weight excluding hydrogens is 1440 g/mol. The van der Waals surface area contributed by atoms with E-state index in [1.165, 1.54) is 13.8 Å². The Labute approximate surface area is 650 Å². The van der Waals surface area contributed by atoms with E-state index in [-0.39, 0.29) is 59.5 Å². The van der Waals surface area contributed by atoms with Crippen LogP contribution in [0.4, 0.5) is 0 Å². The molecule has 111 heavy (non-hydrogen) atoms. The Hall–Kier alpha value is -7.71. The van der Waals surface area contributed by atoms with Crippen molar-refractivity contribution in [2.75, 3.05) is 33.0 Å². The minimum Gasteiger partial charge on any atom is -0.405 e. The monoisotopic (exact) mass is 1550 g/mol. The highest BCUT2D eigenvalue weighted by atomic mass is 28.4. The van der Waals surface area contributed by atoms with Gasteiger partial charge in [-0.05, 0) is 68.5 Å². The molecule has 596 valence electrons. The van der Waals surface area contributed by atoms with Crippen LogP contribution in [0, 0.1) is 0 Å². The number of benzene rings is 7. The van der Waals surface area contributed by atoms with Crippen molar-refractivity contribution < 1.29 is 96.0 Å². The molecule has 20 atom stereocenters. The van der Waals surface area contributed by atoms with Gasteiger partial charge in [0.05, 0.1) is 59.0 Å². The van der Waals surface area contributed by atoms with Gasteiger partial charge < -0.3 is 97.1 Å². The number of ether oxygens (including phenoxy) is 13. The second kappa shape index (κ2) is 41.9. The maximum absolute atomic E-state index is 13.8. The molecule has 4 aliphatic rings. The molecule has 7 aromatic carbocycles. The molecule has 25 nitrogen and oxygen atoms in total. The molecule has 4 heterocycles. The number of hydrogen-bond acceptors (Lipinski definition) is 21. The van der Waals surface area contributed by atoms with Crippen LogP contribution >= 0.6 is 0 Å². The normalized spacial score (nSPS) is 28.3. The first-order chi connectivity index (χ1) is 53.9. The van der Waals surface area contributed by atoms with E-state index in [9.17, 15) is 30.0 Å². The molecular formula is C85H107N5O20Si. The summed E-state index contributed by atoms with van der Waals surface area (Å²) in [6, 6.07) is 64.8. The zero-order valence-electron chi connectivity index (χ0n) is 63.8. The van der Waals surface area contributed by atoms with Gasteiger partial charge in [-0.2, -0.15) is 0 Å². The molecule has 0 spiro atoms. The van der Waals surface area contributed by atoms with Gasteiger partial charge in [-0.1, -0.05) is 251 Å². The third-order valence-corrected chi connectivity index (χ3v) is 25.4. The number of carbonyl (C=O) groups is 2. The standard InChI is InChI=1S/C85H107N5O20Si/c1-56-75(100-50-61-36-20-11-21-37-61)79(101-51-62-38-22-12-23-39-62)80(102-52-63-40-24-13-25-41-63)84(104-56)109-77-68(54-98-49-60-34-18-10-19-35-60)107-82(70(73(77)95)89-58(3)92)110-78-71(93)66(55-103-111(85(4,5)6,64-42-26-14-27-43-64)65-44-28-15-29-45-65)105-83(74(78)96)108-76-67(53-97-48-59-32-16-9-17-33-59)106-81(69(72(76)94)88-57(2)91)99-47-31-8-7-30-46-87-90-86/h9-29,32-45,56,66-84,93-96H,7-8,30-31,46-55H2,1-6H3,(H,88,91)(H,89,92)/t56-,66+,67+,68+,69+,70+,71-,72+,73+,74+,75+,76+,77+,78-,79+,80-,81+,82-,83-,84-/m0/s1. The largest absolute Gasteiger partial charge is 0.405 e. The van der Waals surface area contributed by atoms with Crippen molar-refractivity contribution in [2.24, 2.45) is 5.11 Å². The molecule has 6 N–H and O–H groups in total. The Bertz CT molecular complexity index is 3890. The number of azide groups is 1. The van der Waals surface area contributed by atoms with Crippen LogP contribution in [-0.4, -0.2) is 196 Å². The molecule has 0 saturated carbocycles. The lowest BCUT2D eigenvalue weighted by Gasteiger charge is -2.51. The number of aliphatic hydroxyl groups excluding tert-OH is 4. The molecule has 0 radical (unpaired) electrons. The fourth-order valence-corrected chi connectivity index (χ4v) is 19.4. The van der Waals surface area contributed by atoms with Gasteiger partial charge in [0.25, 0.3) is 8.32 Å². The molecule has 7 aromatic rings. The average Bonchev–Trinajstić information content (AvgIpc) is 0.745. The highest BCUT2D eigenvalue weighted by molar-refractivity contribution is 6.99. The predicted octanol–water partition coefficient (Wildman–Crippen LogP) is 9.17. The van der Waals surface area contributed by atoms with Crippen LogP contribution < -0.4 is 21.0 Å². The molecule has 26 heteroatoms. The highest BCUT2D eigenvalue weighted by Crippen LogP contribution is 2.41. The molecule has 4 fully saturated rings. The van der Waals surface area contributed by atoms with Crippen LogP contribution in [0.5, 0.6) is 0 Å².